The maximum Gasteiger partial charge on any atom is 0.146 e. The minimum absolute atomic E-state index is 0.00532. The maximum absolute atomic E-state index is 9.99. The molecule has 0 fully saturated rings. The highest BCUT2D eigenvalue weighted by Crippen LogP contribution is 2.32. The van der Waals surface area contributed by atoms with E-state index in [1.54, 1.807) is 12.1 Å². The summed E-state index contributed by atoms with van der Waals surface area (Å²) >= 11 is 0. The Balaban J connectivity index is 3.28. The van der Waals surface area contributed by atoms with Gasteiger partial charge >= 0.3 is 0 Å². The van der Waals surface area contributed by atoms with Crippen molar-refractivity contribution in [3.63, 3.8) is 0 Å². The summed E-state index contributed by atoms with van der Waals surface area (Å²) in [5.74, 6) is 6.02. The van der Waals surface area contributed by atoms with Crippen LogP contribution in [0.15, 0.2) is 29.8 Å². The number of phenols is 2. The average molecular weight is 277 g/mol. The lowest BCUT2D eigenvalue weighted by molar-refractivity contribution is 0.443. The molecule has 1 aromatic rings. The van der Waals surface area contributed by atoms with Crippen molar-refractivity contribution in [1.82, 2.24) is 5.43 Å². The van der Waals surface area contributed by atoms with Gasteiger partial charge in [0.2, 0.25) is 0 Å². The average Bonchev–Trinajstić information content (AvgIpc) is 2.36. The van der Waals surface area contributed by atoms with Crippen LogP contribution in [0.1, 0.15) is 44.2 Å². The molecule has 0 saturated heterocycles. The van der Waals surface area contributed by atoms with Crippen LogP contribution in [0.25, 0.3) is 0 Å². The number of nitrogens with zero attached hydrogens (tertiary/aromatic N) is 1. The van der Waals surface area contributed by atoms with E-state index in [4.69, 9.17) is 5.84 Å². The van der Waals surface area contributed by atoms with Gasteiger partial charge in [-0.15, -0.1) is 6.58 Å². The van der Waals surface area contributed by atoms with E-state index in [2.05, 4.69) is 17.0 Å². The number of hydrogen-bond acceptors (Lipinski definition) is 4. The van der Waals surface area contributed by atoms with Crippen molar-refractivity contribution in [3.05, 3.63) is 35.9 Å². The summed E-state index contributed by atoms with van der Waals surface area (Å²) in [4.78, 5) is 4.41. The van der Waals surface area contributed by atoms with Crippen molar-refractivity contribution in [3.8, 4) is 11.5 Å². The first-order valence-electron chi connectivity index (χ1n) is 6.62. The van der Waals surface area contributed by atoms with Gasteiger partial charge in [-0.25, -0.2) is 5.84 Å². The number of amidine groups is 1. The molecule has 0 spiro atoms. The lowest BCUT2D eigenvalue weighted by Crippen LogP contribution is -2.32. The summed E-state index contributed by atoms with van der Waals surface area (Å²) in [5.41, 5.74) is 3.72. The van der Waals surface area contributed by atoms with Gasteiger partial charge in [0.1, 0.15) is 17.3 Å². The van der Waals surface area contributed by atoms with Crippen LogP contribution in [0.3, 0.4) is 0 Å². The van der Waals surface area contributed by atoms with E-state index in [0.717, 1.165) is 5.56 Å². The SMILES string of the molecule is C=CCC(C)N=C(NN)c1cc(C(C)C)c(O)cc1O. The van der Waals surface area contributed by atoms with Crippen molar-refractivity contribution in [2.45, 2.75) is 39.2 Å². The molecular weight excluding hydrogens is 254 g/mol. The summed E-state index contributed by atoms with van der Waals surface area (Å²) in [5, 5.41) is 19.8. The standard InChI is InChI=1S/C15H23N3O2/c1-5-6-10(4)17-15(18-16)12-7-11(9(2)3)13(19)8-14(12)20/h5,7-10,19-20H,1,6,16H2,2-4H3,(H,17,18). The molecule has 0 aromatic heterocycles. The molecule has 5 N–H and O–H groups in total. The number of aromatic hydroxyl groups is 2. The lowest BCUT2D eigenvalue weighted by atomic mass is 9.98. The molecule has 0 aliphatic rings. The molecule has 1 atom stereocenters. The van der Waals surface area contributed by atoms with Crippen molar-refractivity contribution < 1.29 is 10.2 Å². The van der Waals surface area contributed by atoms with Gasteiger partial charge in [-0.1, -0.05) is 19.9 Å². The molecule has 0 amide bonds. The van der Waals surface area contributed by atoms with Crippen LogP contribution in [0.2, 0.25) is 0 Å². The zero-order chi connectivity index (χ0) is 15.3. The quantitative estimate of drug-likeness (QED) is 0.219. The minimum atomic E-state index is -0.0607. The molecule has 20 heavy (non-hydrogen) atoms. The number of benzene rings is 1. The highest BCUT2D eigenvalue weighted by Gasteiger charge is 2.15. The van der Waals surface area contributed by atoms with Crippen LogP contribution < -0.4 is 11.3 Å². The molecule has 0 radical (unpaired) electrons. The van der Waals surface area contributed by atoms with Crippen molar-refractivity contribution in [2.75, 3.05) is 0 Å². The Hall–Kier alpha value is -2.01. The Bertz CT molecular complexity index is 510. The zero-order valence-electron chi connectivity index (χ0n) is 12.2. The van der Waals surface area contributed by atoms with Gasteiger partial charge < -0.3 is 15.6 Å². The number of hydrogen-bond donors (Lipinski definition) is 4. The number of rotatable bonds is 5. The first-order valence-corrected chi connectivity index (χ1v) is 6.62. The molecule has 1 aromatic carbocycles. The molecule has 0 aliphatic heterocycles. The number of hydrazine groups is 1. The van der Waals surface area contributed by atoms with E-state index < -0.39 is 0 Å². The zero-order valence-corrected chi connectivity index (χ0v) is 12.2. The van der Waals surface area contributed by atoms with E-state index in [-0.39, 0.29) is 23.5 Å². The molecule has 0 saturated carbocycles. The summed E-state index contributed by atoms with van der Waals surface area (Å²) in [6.45, 7) is 9.52. The van der Waals surface area contributed by atoms with E-state index in [1.165, 1.54) is 6.07 Å². The summed E-state index contributed by atoms with van der Waals surface area (Å²) in [6.07, 6.45) is 2.49. The third-order valence-corrected chi connectivity index (χ3v) is 3.02. The Morgan fingerprint density at radius 1 is 1.35 bits per heavy atom. The highest BCUT2D eigenvalue weighted by atomic mass is 16.3. The van der Waals surface area contributed by atoms with E-state index in [1.807, 2.05) is 20.8 Å². The van der Waals surface area contributed by atoms with Crippen molar-refractivity contribution >= 4 is 5.84 Å². The van der Waals surface area contributed by atoms with Gasteiger partial charge in [-0.3, -0.25) is 4.99 Å². The second-order valence-electron chi connectivity index (χ2n) is 5.08. The topological polar surface area (TPSA) is 90.9 Å². The molecule has 0 bridgehead atoms. The number of aliphatic imine (C=N–C) groups is 1. The van der Waals surface area contributed by atoms with Crippen LogP contribution in [0.4, 0.5) is 0 Å². The predicted octanol–water partition coefficient (Wildman–Crippen LogP) is 2.40. The van der Waals surface area contributed by atoms with Gasteiger partial charge in [-0.05, 0) is 30.9 Å². The monoisotopic (exact) mass is 277 g/mol. The number of nitrogens with one attached hydrogen (secondary N) is 1. The fraction of sp³-hybridized carbons (Fsp3) is 0.400. The highest BCUT2D eigenvalue weighted by molar-refractivity contribution is 6.01. The molecule has 1 rings (SSSR count). The molecule has 1 unspecified atom stereocenters. The summed E-state index contributed by atoms with van der Waals surface area (Å²) < 4.78 is 0. The first-order chi connectivity index (χ1) is 9.40. The predicted molar refractivity (Wildman–Crippen MR) is 82.0 cm³/mol. The largest absolute Gasteiger partial charge is 0.508 e. The van der Waals surface area contributed by atoms with Crippen LogP contribution in [-0.2, 0) is 0 Å². The number of phenolic OH excluding ortho intramolecular Hbond substituents is 2. The fourth-order valence-corrected chi connectivity index (χ4v) is 1.94. The minimum Gasteiger partial charge on any atom is -0.508 e. The Kier molecular flexibility index (Phi) is 5.58. The van der Waals surface area contributed by atoms with Crippen LogP contribution in [0, 0.1) is 0 Å². The van der Waals surface area contributed by atoms with Crippen LogP contribution in [-0.4, -0.2) is 22.1 Å². The van der Waals surface area contributed by atoms with Gasteiger partial charge in [0, 0.05) is 6.07 Å². The van der Waals surface area contributed by atoms with Gasteiger partial charge in [0.05, 0.1) is 11.6 Å². The molecular formula is C15H23N3O2. The third kappa shape index (κ3) is 3.74. The summed E-state index contributed by atoms with van der Waals surface area (Å²) in [6, 6.07) is 3.01. The first kappa shape index (κ1) is 16.0. The molecule has 110 valence electrons. The number of nitrogens with two attached hydrogens (primary N) is 1. The van der Waals surface area contributed by atoms with E-state index in [0.29, 0.717) is 17.8 Å². The smallest absolute Gasteiger partial charge is 0.146 e. The second kappa shape index (κ2) is 6.96. The Morgan fingerprint density at radius 2 is 2.00 bits per heavy atom. The van der Waals surface area contributed by atoms with Crippen molar-refractivity contribution in [2.24, 2.45) is 10.8 Å². The second-order valence-corrected chi connectivity index (χ2v) is 5.08. The third-order valence-electron chi connectivity index (χ3n) is 3.02. The van der Waals surface area contributed by atoms with E-state index in [9.17, 15) is 10.2 Å². The van der Waals surface area contributed by atoms with Gasteiger partial charge in [0.15, 0.2) is 0 Å². The molecule has 5 nitrogen and oxygen atoms in total. The maximum atomic E-state index is 9.99. The van der Waals surface area contributed by atoms with Crippen LogP contribution in [0.5, 0.6) is 11.5 Å². The van der Waals surface area contributed by atoms with Crippen LogP contribution >= 0.6 is 0 Å². The lowest BCUT2D eigenvalue weighted by Gasteiger charge is -2.15. The van der Waals surface area contributed by atoms with Gasteiger partial charge in [0.25, 0.3) is 0 Å². The molecule has 0 aliphatic carbocycles. The normalized spacial score (nSPS) is 13.3. The fourth-order valence-electron chi connectivity index (χ4n) is 1.94. The summed E-state index contributed by atoms with van der Waals surface area (Å²) in [7, 11) is 0. The van der Waals surface area contributed by atoms with Crippen molar-refractivity contribution in [1.29, 1.82) is 0 Å². The Labute approximate surface area is 119 Å². The van der Waals surface area contributed by atoms with Gasteiger partial charge in [-0.2, -0.15) is 0 Å². The Morgan fingerprint density at radius 3 is 2.50 bits per heavy atom. The molecule has 0 heterocycles. The molecule has 5 heteroatoms. The van der Waals surface area contributed by atoms with E-state index >= 15 is 0 Å².